The van der Waals surface area contributed by atoms with E-state index in [0.29, 0.717) is 43.9 Å². The van der Waals surface area contributed by atoms with Gasteiger partial charge in [0.1, 0.15) is 12.6 Å². The fourth-order valence-corrected chi connectivity index (χ4v) is 7.14. The second-order valence-electron chi connectivity index (χ2n) is 12.3. The van der Waals surface area contributed by atoms with Gasteiger partial charge in [0.2, 0.25) is 23.5 Å². The fraction of sp³-hybridized carbons (Fsp3) is 0.429. The minimum absolute atomic E-state index is 0.00883. The molecular weight excluding hydrogens is 614 g/mol. The van der Waals surface area contributed by atoms with Crippen LogP contribution in [0.5, 0.6) is 0 Å². The molecule has 0 radical (unpaired) electrons. The van der Waals surface area contributed by atoms with Crippen LogP contribution in [0, 0.1) is 11.3 Å². The highest BCUT2D eigenvalue weighted by atomic mass is 32.1. The molecule has 2 aliphatic rings. The van der Waals surface area contributed by atoms with E-state index in [0.717, 1.165) is 31.2 Å². The molecule has 12 heteroatoms. The van der Waals surface area contributed by atoms with E-state index in [1.54, 1.807) is 21.4 Å². The number of benzene rings is 2. The predicted molar refractivity (Wildman–Crippen MR) is 181 cm³/mol. The number of nitrogens with one attached hydrogen (secondary N) is 2. The summed E-state index contributed by atoms with van der Waals surface area (Å²) < 4.78 is 0. The van der Waals surface area contributed by atoms with Gasteiger partial charge in [0.25, 0.3) is 0 Å². The van der Waals surface area contributed by atoms with Crippen molar-refractivity contribution in [1.29, 1.82) is 5.41 Å². The van der Waals surface area contributed by atoms with Gasteiger partial charge in [-0.15, -0.1) is 11.3 Å². The first-order valence-electron chi connectivity index (χ1n) is 16.3. The van der Waals surface area contributed by atoms with Gasteiger partial charge in [0.15, 0.2) is 11.0 Å². The van der Waals surface area contributed by atoms with Gasteiger partial charge in [-0.3, -0.25) is 24.6 Å². The molecule has 248 valence electrons. The number of thiazole rings is 1. The molecule has 0 saturated carbocycles. The molecule has 2 fully saturated rings. The molecule has 2 saturated heterocycles. The van der Waals surface area contributed by atoms with Crippen LogP contribution in [-0.4, -0.2) is 94.0 Å². The van der Waals surface area contributed by atoms with Crippen LogP contribution in [0.4, 0.5) is 0 Å². The smallest absolute Gasteiger partial charge is 0.245 e. The molecule has 4 N–H and O–H groups in total. The SMILES string of the molecule is N=C(N)N1CCCC(C[C@H](NC(=O)CN2C(=O)CN(CCCc3ccccc3)C(=O)[C@@H]2CCc2ccccc2)C(=O)c2nccs2)C1. The number of aromatic nitrogens is 1. The van der Waals surface area contributed by atoms with E-state index >= 15 is 0 Å². The second-order valence-corrected chi connectivity index (χ2v) is 13.2. The molecule has 0 spiro atoms. The average molecular weight is 658 g/mol. The van der Waals surface area contributed by atoms with Crippen molar-refractivity contribution in [2.75, 3.05) is 32.7 Å². The standard InChI is InChI=1S/C35H43N7O4S/c36-35(37)41-19-8-14-27(22-41)21-28(32(45)33-38-17-20-47-33)39-30(43)23-42-29(16-15-26-11-5-2-6-12-26)34(46)40(24-31(42)44)18-7-13-25-9-3-1-4-10-25/h1-6,9-12,17,20,27-29H,7-8,13-16,18-19,21-24H2,(H3,36,37)(H,39,43)/t27?,28-,29-/m0/s1. The molecule has 1 aromatic heterocycles. The predicted octanol–water partition coefficient (Wildman–Crippen LogP) is 3.11. The third-order valence-corrected chi connectivity index (χ3v) is 9.73. The van der Waals surface area contributed by atoms with Crippen LogP contribution >= 0.6 is 11.3 Å². The highest BCUT2D eigenvalue weighted by Crippen LogP contribution is 2.24. The normalized spacial score (nSPS) is 19.0. The summed E-state index contributed by atoms with van der Waals surface area (Å²) in [6.07, 6.45) is 6.02. The Morgan fingerprint density at radius 2 is 1.74 bits per heavy atom. The van der Waals surface area contributed by atoms with Gasteiger partial charge in [-0.05, 0) is 62.0 Å². The number of aryl methyl sites for hydroxylation is 2. The number of piperidine rings is 1. The first-order chi connectivity index (χ1) is 22.8. The second kappa shape index (κ2) is 16.3. The van der Waals surface area contributed by atoms with Gasteiger partial charge in [0, 0.05) is 31.2 Å². The Balaban J connectivity index is 1.28. The zero-order chi connectivity index (χ0) is 33.2. The fourth-order valence-electron chi connectivity index (χ4n) is 6.51. The van der Waals surface area contributed by atoms with Crippen molar-refractivity contribution in [3.8, 4) is 0 Å². The Hall–Kier alpha value is -4.58. The molecular formula is C35H43N7O4S. The lowest BCUT2D eigenvalue weighted by molar-refractivity contribution is -0.157. The van der Waals surface area contributed by atoms with E-state index in [2.05, 4.69) is 10.3 Å². The van der Waals surface area contributed by atoms with E-state index in [-0.39, 0.29) is 42.6 Å². The summed E-state index contributed by atoms with van der Waals surface area (Å²) in [5, 5.41) is 12.7. The zero-order valence-corrected chi connectivity index (χ0v) is 27.4. The summed E-state index contributed by atoms with van der Waals surface area (Å²) in [5.41, 5.74) is 7.95. The Bertz CT molecular complexity index is 1520. The number of hydrogen-bond donors (Lipinski definition) is 3. The lowest BCUT2D eigenvalue weighted by atomic mass is 9.90. The first kappa shape index (κ1) is 33.8. The zero-order valence-electron chi connectivity index (χ0n) is 26.6. The van der Waals surface area contributed by atoms with Crippen molar-refractivity contribution >= 4 is 40.8 Å². The molecule has 0 bridgehead atoms. The summed E-state index contributed by atoms with van der Waals surface area (Å²) >= 11 is 1.21. The van der Waals surface area contributed by atoms with Crippen LogP contribution < -0.4 is 11.1 Å². The van der Waals surface area contributed by atoms with E-state index in [9.17, 15) is 19.2 Å². The Morgan fingerprint density at radius 3 is 2.40 bits per heavy atom. The Labute approximate surface area is 279 Å². The molecule has 5 rings (SSSR count). The van der Waals surface area contributed by atoms with Gasteiger partial charge >= 0.3 is 0 Å². The highest BCUT2D eigenvalue weighted by molar-refractivity contribution is 7.11. The number of nitrogens with two attached hydrogens (primary N) is 1. The van der Waals surface area contributed by atoms with E-state index in [4.69, 9.17) is 11.1 Å². The van der Waals surface area contributed by atoms with Crippen molar-refractivity contribution in [1.82, 2.24) is 25.0 Å². The molecule has 3 heterocycles. The number of carbonyl (C=O) groups excluding carboxylic acids is 4. The van der Waals surface area contributed by atoms with Crippen molar-refractivity contribution in [3.63, 3.8) is 0 Å². The molecule has 3 aromatic rings. The number of hydrogen-bond acceptors (Lipinski definition) is 7. The number of likely N-dealkylation sites (tertiary alicyclic amines) is 1. The summed E-state index contributed by atoms with van der Waals surface area (Å²) in [5.74, 6) is -1.22. The maximum Gasteiger partial charge on any atom is 0.245 e. The summed E-state index contributed by atoms with van der Waals surface area (Å²) in [7, 11) is 0. The molecule has 11 nitrogen and oxygen atoms in total. The maximum atomic E-state index is 13.9. The lowest BCUT2D eigenvalue weighted by Crippen LogP contribution is -2.62. The maximum absolute atomic E-state index is 13.9. The van der Waals surface area contributed by atoms with Gasteiger partial charge < -0.3 is 25.8 Å². The van der Waals surface area contributed by atoms with Gasteiger partial charge in [-0.2, -0.15) is 0 Å². The third-order valence-electron chi connectivity index (χ3n) is 8.94. The number of piperazine rings is 1. The van der Waals surface area contributed by atoms with Gasteiger partial charge in [-0.25, -0.2) is 4.98 Å². The average Bonchev–Trinajstić information content (AvgIpc) is 3.62. The van der Waals surface area contributed by atoms with E-state index in [1.807, 2.05) is 60.7 Å². The van der Waals surface area contributed by atoms with Gasteiger partial charge in [0.05, 0.1) is 12.6 Å². The van der Waals surface area contributed by atoms with Crippen LogP contribution in [0.3, 0.4) is 0 Å². The van der Waals surface area contributed by atoms with Crippen LogP contribution in [0.25, 0.3) is 0 Å². The third kappa shape index (κ3) is 9.25. The summed E-state index contributed by atoms with van der Waals surface area (Å²) in [6, 6.07) is 18.1. The minimum Gasteiger partial charge on any atom is -0.370 e. The number of ketones is 1. The van der Waals surface area contributed by atoms with Crippen molar-refractivity contribution in [2.24, 2.45) is 11.7 Å². The minimum atomic E-state index is -0.863. The van der Waals surface area contributed by atoms with Crippen LogP contribution in [-0.2, 0) is 27.2 Å². The molecule has 1 unspecified atom stereocenters. The summed E-state index contributed by atoms with van der Waals surface area (Å²) in [6.45, 7) is 1.24. The number of guanidine groups is 1. The molecule has 3 amide bonds. The molecule has 3 atom stereocenters. The highest BCUT2D eigenvalue weighted by Gasteiger charge is 2.40. The van der Waals surface area contributed by atoms with Crippen LogP contribution in [0.15, 0.2) is 72.2 Å². The molecule has 0 aliphatic carbocycles. The van der Waals surface area contributed by atoms with Crippen molar-refractivity contribution in [2.45, 2.75) is 57.0 Å². The number of Topliss-reactive ketones (excluding diaryl/α,β-unsaturated/α-hetero) is 1. The monoisotopic (exact) mass is 657 g/mol. The number of carbonyl (C=O) groups is 4. The van der Waals surface area contributed by atoms with E-state index < -0.39 is 18.0 Å². The van der Waals surface area contributed by atoms with Crippen molar-refractivity contribution < 1.29 is 19.2 Å². The Kier molecular flexibility index (Phi) is 11.7. The van der Waals surface area contributed by atoms with Crippen LogP contribution in [0.2, 0.25) is 0 Å². The quantitative estimate of drug-likeness (QED) is 0.137. The van der Waals surface area contributed by atoms with Gasteiger partial charge in [-0.1, -0.05) is 60.7 Å². The molecule has 2 aromatic carbocycles. The number of nitrogens with zero attached hydrogens (tertiary/aromatic N) is 4. The first-order valence-corrected chi connectivity index (χ1v) is 17.1. The Morgan fingerprint density at radius 1 is 1.04 bits per heavy atom. The van der Waals surface area contributed by atoms with Crippen molar-refractivity contribution in [3.05, 3.63) is 88.4 Å². The molecule has 47 heavy (non-hydrogen) atoms. The summed E-state index contributed by atoms with van der Waals surface area (Å²) in [4.78, 5) is 63.6. The molecule has 2 aliphatic heterocycles. The number of rotatable bonds is 14. The topological polar surface area (TPSA) is 153 Å². The van der Waals surface area contributed by atoms with Crippen LogP contribution in [0.1, 0.15) is 53.0 Å². The largest absolute Gasteiger partial charge is 0.370 e. The number of amides is 3. The lowest BCUT2D eigenvalue weighted by Gasteiger charge is -2.40. The van der Waals surface area contributed by atoms with E-state index in [1.165, 1.54) is 21.8 Å².